The Morgan fingerprint density at radius 2 is 2.06 bits per heavy atom. The first kappa shape index (κ1) is 13.2. The van der Waals surface area contributed by atoms with Gasteiger partial charge in [-0.15, -0.1) is 12.4 Å². The number of nitrogens with one attached hydrogen (secondary N) is 1. The highest BCUT2D eigenvalue weighted by Gasteiger charge is 2.29. The molecule has 1 unspecified atom stereocenters. The van der Waals surface area contributed by atoms with Crippen LogP contribution in [0.5, 0.6) is 5.75 Å². The maximum Gasteiger partial charge on any atom is 0.120 e. The highest BCUT2D eigenvalue weighted by Crippen LogP contribution is 2.39. The summed E-state index contributed by atoms with van der Waals surface area (Å²) in [6, 6.07) is 6.29. The lowest BCUT2D eigenvalue weighted by Crippen LogP contribution is -2.36. The number of methoxy groups -OCH3 is 1. The van der Waals surface area contributed by atoms with Gasteiger partial charge in [-0.25, -0.2) is 0 Å². The van der Waals surface area contributed by atoms with Crippen molar-refractivity contribution in [1.82, 2.24) is 0 Å². The average molecular weight is 242 g/mol. The van der Waals surface area contributed by atoms with E-state index in [1.165, 1.54) is 17.7 Å². The van der Waals surface area contributed by atoms with Crippen LogP contribution in [0.25, 0.3) is 0 Å². The molecular formula is C13H20ClNO. The number of anilines is 1. The molecule has 0 saturated carbocycles. The molecule has 1 aliphatic rings. The second-order valence-electron chi connectivity index (χ2n) is 5.07. The predicted octanol–water partition coefficient (Wildman–Crippen LogP) is 3.81. The Kier molecular flexibility index (Phi) is 3.74. The molecule has 1 N–H and O–H groups in total. The average Bonchev–Trinajstić information content (AvgIpc) is 2.14. The summed E-state index contributed by atoms with van der Waals surface area (Å²) in [5.74, 6) is 1.54. The number of benzene rings is 1. The van der Waals surface area contributed by atoms with Gasteiger partial charge in [0.05, 0.1) is 7.11 Å². The zero-order valence-electron chi connectivity index (χ0n) is 10.3. The topological polar surface area (TPSA) is 21.3 Å². The van der Waals surface area contributed by atoms with E-state index in [1.54, 1.807) is 7.11 Å². The molecule has 0 fully saturated rings. The van der Waals surface area contributed by atoms with Gasteiger partial charge < -0.3 is 10.1 Å². The van der Waals surface area contributed by atoms with E-state index in [0.29, 0.717) is 5.92 Å². The summed E-state index contributed by atoms with van der Waals surface area (Å²) in [6.07, 6.45) is 1.17. The lowest BCUT2D eigenvalue weighted by molar-refractivity contribution is 0.412. The van der Waals surface area contributed by atoms with Crippen LogP contribution >= 0.6 is 12.4 Å². The smallest absolute Gasteiger partial charge is 0.120 e. The predicted molar refractivity (Wildman–Crippen MR) is 71.0 cm³/mol. The molecule has 0 aliphatic carbocycles. The van der Waals surface area contributed by atoms with Gasteiger partial charge in [0, 0.05) is 17.3 Å². The van der Waals surface area contributed by atoms with Crippen LogP contribution in [-0.4, -0.2) is 12.6 Å². The van der Waals surface area contributed by atoms with Gasteiger partial charge >= 0.3 is 0 Å². The number of hydrogen-bond donors (Lipinski definition) is 1. The van der Waals surface area contributed by atoms with Crippen LogP contribution in [0, 0.1) is 0 Å². The first-order chi connectivity index (χ1) is 7.02. The minimum atomic E-state index is 0. The lowest BCUT2D eigenvalue weighted by Gasteiger charge is -2.37. The van der Waals surface area contributed by atoms with Crippen LogP contribution in [0.15, 0.2) is 18.2 Å². The minimum absolute atomic E-state index is 0. The normalized spacial score (nSPS) is 21.4. The van der Waals surface area contributed by atoms with Crippen molar-refractivity contribution in [3.05, 3.63) is 23.8 Å². The highest BCUT2D eigenvalue weighted by molar-refractivity contribution is 5.85. The Morgan fingerprint density at radius 1 is 1.38 bits per heavy atom. The highest BCUT2D eigenvalue weighted by atomic mass is 35.5. The molecule has 0 bridgehead atoms. The third-order valence-electron chi connectivity index (χ3n) is 3.08. The van der Waals surface area contributed by atoms with Gasteiger partial charge in [0.1, 0.15) is 5.75 Å². The number of ether oxygens (including phenoxy) is 1. The number of fused-ring (bicyclic) bond motifs is 1. The summed E-state index contributed by atoms with van der Waals surface area (Å²) >= 11 is 0. The van der Waals surface area contributed by atoms with E-state index in [0.717, 1.165) is 5.75 Å². The fourth-order valence-corrected chi connectivity index (χ4v) is 2.49. The quantitative estimate of drug-likeness (QED) is 0.807. The van der Waals surface area contributed by atoms with Gasteiger partial charge in [0.15, 0.2) is 0 Å². The zero-order valence-corrected chi connectivity index (χ0v) is 11.1. The molecule has 1 aromatic carbocycles. The van der Waals surface area contributed by atoms with Crippen LogP contribution in [0.1, 0.15) is 38.7 Å². The molecule has 16 heavy (non-hydrogen) atoms. The Hall–Kier alpha value is -0.890. The van der Waals surface area contributed by atoms with Crippen LogP contribution in [0.3, 0.4) is 0 Å². The summed E-state index contributed by atoms with van der Waals surface area (Å²) in [4.78, 5) is 0. The summed E-state index contributed by atoms with van der Waals surface area (Å²) in [5.41, 5.74) is 2.80. The molecule has 0 amide bonds. The lowest BCUT2D eigenvalue weighted by atomic mass is 9.82. The van der Waals surface area contributed by atoms with Gasteiger partial charge in [0.2, 0.25) is 0 Å². The maximum absolute atomic E-state index is 5.24. The number of hydrogen-bond acceptors (Lipinski definition) is 2. The molecule has 0 aromatic heterocycles. The second-order valence-corrected chi connectivity index (χ2v) is 5.07. The van der Waals surface area contributed by atoms with E-state index in [4.69, 9.17) is 4.74 Å². The van der Waals surface area contributed by atoms with E-state index in [1.807, 2.05) is 6.07 Å². The number of rotatable bonds is 1. The Morgan fingerprint density at radius 3 is 2.69 bits per heavy atom. The van der Waals surface area contributed by atoms with Gasteiger partial charge in [-0.2, -0.15) is 0 Å². The summed E-state index contributed by atoms with van der Waals surface area (Å²) in [7, 11) is 1.71. The fraction of sp³-hybridized carbons (Fsp3) is 0.538. The van der Waals surface area contributed by atoms with Crippen LogP contribution in [0.2, 0.25) is 0 Å². The van der Waals surface area contributed by atoms with E-state index >= 15 is 0 Å². The Bertz CT molecular complexity index is 376. The van der Waals surface area contributed by atoms with Crippen molar-refractivity contribution in [1.29, 1.82) is 0 Å². The molecule has 1 atom stereocenters. The van der Waals surface area contributed by atoms with E-state index < -0.39 is 0 Å². The van der Waals surface area contributed by atoms with Crippen LogP contribution in [-0.2, 0) is 0 Å². The third-order valence-corrected chi connectivity index (χ3v) is 3.08. The van der Waals surface area contributed by atoms with Crippen molar-refractivity contribution in [2.45, 2.75) is 38.6 Å². The molecule has 1 heterocycles. The Balaban J connectivity index is 0.00000128. The van der Waals surface area contributed by atoms with Crippen molar-refractivity contribution in [2.24, 2.45) is 0 Å². The largest absolute Gasteiger partial charge is 0.497 e. The van der Waals surface area contributed by atoms with Crippen molar-refractivity contribution < 1.29 is 4.74 Å². The van der Waals surface area contributed by atoms with Crippen LogP contribution in [0.4, 0.5) is 5.69 Å². The third kappa shape index (κ3) is 2.43. The first-order valence-electron chi connectivity index (χ1n) is 5.48. The van der Waals surface area contributed by atoms with Crippen molar-refractivity contribution in [2.75, 3.05) is 12.4 Å². The van der Waals surface area contributed by atoms with Gasteiger partial charge in [-0.1, -0.05) is 13.0 Å². The van der Waals surface area contributed by atoms with E-state index in [-0.39, 0.29) is 17.9 Å². The van der Waals surface area contributed by atoms with Crippen molar-refractivity contribution in [3.63, 3.8) is 0 Å². The Labute approximate surface area is 104 Å². The summed E-state index contributed by atoms with van der Waals surface area (Å²) in [6.45, 7) is 6.77. The molecule has 0 radical (unpaired) electrons. The number of halogens is 1. The summed E-state index contributed by atoms with van der Waals surface area (Å²) in [5, 5.41) is 3.56. The van der Waals surface area contributed by atoms with Gasteiger partial charge in [-0.05, 0) is 37.8 Å². The molecule has 3 heteroatoms. The minimum Gasteiger partial charge on any atom is -0.497 e. The molecule has 0 spiro atoms. The second kappa shape index (κ2) is 4.54. The molecular weight excluding hydrogens is 222 g/mol. The van der Waals surface area contributed by atoms with Crippen molar-refractivity contribution in [3.8, 4) is 5.75 Å². The maximum atomic E-state index is 5.24. The van der Waals surface area contributed by atoms with Crippen molar-refractivity contribution >= 4 is 18.1 Å². The summed E-state index contributed by atoms with van der Waals surface area (Å²) < 4.78 is 5.24. The molecule has 1 aromatic rings. The van der Waals surface area contributed by atoms with Gasteiger partial charge in [0.25, 0.3) is 0 Å². The van der Waals surface area contributed by atoms with Crippen LogP contribution < -0.4 is 10.1 Å². The fourth-order valence-electron chi connectivity index (χ4n) is 2.49. The monoisotopic (exact) mass is 241 g/mol. The molecule has 1 aliphatic heterocycles. The van der Waals surface area contributed by atoms with Gasteiger partial charge in [-0.3, -0.25) is 0 Å². The SMILES string of the molecule is COc1ccc2c(c1)NC(C)(C)CC2C.Cl. The standard InChI is InChI=1S/C13H19NO.ClH/c1-9-8-13(2,3)14-12-7-10(15-4)5-6-11(9)12;/h5-7,9,14H,8H2,1-4H3;1H. The molecule has 90 valence electrons. The van der Waals surface area contributed by atoms with E-state index in [2.05, 4.69) is 38.2 Å². The zero-order chi connectivity index (χ0) is 11.1. The molecule has 2 nitrogen and oxygen atoms in total. The van der Waals surface area contributed by atoms with E-state index in [9.17, 15) is 0 Å². The molecule has 0 saturated heterocycles. The molecule has 2 rings (SSSR count). The first-order valence-corrected chi connectivity index (χ1v) is 5.48.